The second-order valence-corrected chi connectivity index (χ2v) is 5.06. The minimum atomic E-state index is -0.295. The van der Waals surface area contributed by atoms with Crippen molar-refractivity contribution in [1.82, 2.24) is 4.90 Å². The van der Waals surface area contributed by atoms with E-state index in [2.05, 4.69) is 0 Å². The molecule has 19 heavy (non-hydrogen) atoms. The highest BCUT2D eigenvalue weighted by Crippen LogP contribution is 2.26. The maximum Gasteiger partial charge on any atom is 0.316 e. The molecule has 6 heteroatoms. The summed E-state index contributed by atoms with van der Waals surface area (Å²) in [5.41, 5.74) is 6.92. The molecule has 0 aliphatic rings. The Morgan fingerprint density at radius 2 is 2.05 bits per heavy atom. The van der Waals surface area contributed by atoms with Crippen LogP contribution in [0.15, 0.2) is 23.1 Å². The number of amides is 1. The van der Waals surface area contributed by atoms with E-state index < -0.39 is 0 Å². The van der Waals surface area contributed by atoms with Gasteiger partial charge >= 0.3 is 5.97 Å². The van der Waals surface area contributed by atoms with Crippen molar-refractivity contribution in [2.45, 2.75) is 11.8 Å². The van der Waals surface area contributed by atoms with Crippen molar-refractivity contribution in [2.24, 2.45) is 0 Å². The summed E-state index contributed by atoms with van der Waals surface area (Å²) in [5, 5.41) is 0. The number of nitrogens with zero attached hydrogens (tertiary/aromatic N) is 1. The largest absolute Gasteiger partial charge is 0.465 e. The zero-order chi connectivity index (χ0) is 14.4. The van der Waals surface area contributed by atoms with Crippen LogP contribution in [0.1, 0.15) is 17.3 Å². The molecule has 1 rings (SSSR count). The van der Waals surface area contributed by atoms with E-state index in [4.69, 9.17) is 10.5 Å². The molecular formula is C13H18N2O3S. The molecule has 0 heterocycles. The molecule has 0 fully saturated rings. The van der Waals surface area contributed by atoms with Crippen molar-refractivity contribution < 1.29 is 14.3 Å². The second-order valence-electron chi connectivity index (χ2n) is 4.05. The molecule has 0 atom stereocenters. The fourth-order valence-corrected chi connectivity index (χ4v) is 2.19. The van der Waals surface area contributed by atoms with E-state index in [0.717, 1.165) is 0 Å². The Morgan fingerprint density at radius 3 is 2.63 bits per heavy atom. The maximum absolute atomic E-state index is 11.8. The van der Waals surface area contributed by atoms with Gasteiger partial charge in [-0.1, -0.05) is 0 Å². The van der Waals surface area contributed by atoms with E-state index in [0.29, 0.717) is 22.8 Å². The average molecular weight is 282 g/mol. The highest BCUT2D eigenvalue weighted by atomic mass is 32.2. The van der Waals surface area contributed by atoms with Gasteiger partial charge in [0.05, 0.1) is 12.4 Å². The summed E-state index contributed by atoms with van der Waals surface area (Å²) in [5.74, 6) is -0.216. The number of hydrogen-bond acceptors (Lipinski definition) is 5. The predicted molar refractivity (Wildman–Crippen MR) is 76.2 cm³/mol. The molecule has 1 amide bonds. The predicted octanol–water partition coefficient (Wildman–Crippen LogP) is 1.63. The molecule has 104 valence electrons. The van der Waals surface area contributed by atoms with Crippen molar-refractivity contribution >= 4 is 29.3 Å². The first-order valence-electron chi connectivity index (χ1n) is 5.85. The number of ether oxygens (including phenoxy) is 1. The molecule has 0 saturated heterocycles. The van der Waals surface area contributed by atoms with E-state index in [1.165, 1.54) is 16.7 Å². The summed E-state index contributed by atoms with van der Waals surface area (Å²) < 4.78 is 4.84. The van der Waals surface area contributed by atoms with Crippen molar-refractivity contribution in [1.29, 1.82) is 0 Å². The second kappa shape index (κ2) is 7.04. The van der Waals surface area contributed by atoms with Crippen LogP contribution >= 0.6 is 11.8 Å². The minimum Gasteiger partial charge on any atom is -0.465 e. The van der Waals surface area contributed by atoms with Crippen molar-refractivity contribution in [3.8, 4) is 0 Å². The molecule has 1 aromatic rings. The van der Waals surface area contributed by atoms with Crippen LogP contribution in [0.3, 0.4) is 0 Å². The fourth-order valence-electron chi connectivity index (χ4n) is 1.39. The van der Waals surface area contributed by atoms with E-state index in [-0.39, 0.29) is 17.6 Å². The van der Waals surface area contributed by atoms with Gasteiger partial charge in [-0.3, -0.25) is 9.59 Å². The standard InChI is InChI=1S/C13H18N2O3S/c1-4-18-12(16)8-19-11-7-9(5-6-10(11)14)13(17)15(2)3/h5-7H,4,8,14H2,1-3H3. The Kier molecular flexibility index (Phi) is 5.69. The number of carbonyl (C=O) groups is 2. The van der Waals surface area contributed by atoms with Gasteiger partial charge in [0, 0.05) is 30.2 Å². The first-order chi connectivity index (χ1) is 8.95. The van der Waals surface area contributed by atoms with E-state index >= 15 is 0 Å². The van der Waals surface area contributed by atoms with Gasteiger partial charge in [0.2, 0.25) is 0 Å². The molecule has 1 aromatic carbocycles. The van der Waals surface area contributed by atoms with Crippen LogP contribution < -0.4 is 5.73 Å². The first kappa shape index (κ1) is 15.4. The highest BCUT2D eigenvalue weighted by Gasteiger charge is 2.12. The molecule has 0 saturated carbocycles. The lowest BCUT2D eigenvalue weighted by atomic mass is 10.2. The van der Waals surface area contributed by atoms with Gasteiger partial charge in [0.25, 0.3) is 5.91 Å². The summed E-state index contributed by atoms with van der Waals surface area (Å²) >= 11 is 1.27. The van der Waals surface area contributed by atoms with Gasteiger partial charge in [0.1, 0.15) is 0 Å². The zero-order valence-electron chi connectivity index (χ0n) is 11.3. The molecule has 0 aromatic heterocycles. The monoisotopic (exact) mass is 282 g/mol. The van der Waals surface area contributed by atoms with E-state index in [1.54, 1.807) is 39.2 Å². The molecule has 0 bridgehead atoms. The molecule has 0 unspecified atom stereocenters. The van der Waals surface area contributed by atoms with Crippen LogP contribution in [0.5, 0.6) is 0 Å². The van der Waals surface area contributed by atoms with Crippen LogP contribution in [0, 0.1) is 0 Å². The molecule has 0 aliphatic carbocycles. The lowest BCUT2D eigenvalue weighted by Gasteiger charge is -2.12. The third-order valence-corrected chi connectivity index (χ3v) is 3.36. The Bertz CT molecular complexity index is 475. The van der Waals surface area contributed by atoms with Gasteiger partial charge in [-0.05, 0) is 25.1 Å². The van der Waals surface area contributed by atoms with Crippen LogP contribution in [0.4, 0.5) is 5.69 Å². The topological polar surface area (TPSA) is 72.6 Å². The summed E-state index contributed by atoms with van der Waals surface area (Å²) in [4.78, 5) is 25.3. The zero-order valence-corrected chi connectivity index (χ0v) is 12.1. The molecule has 0 aliphatic heterocycles. The summed E-state index contributed by atoms with van der Waals surface area (Å²) in [6, 6.07) is 5.04. The Morgan fingerprint density at radius 1 is 1.37 bits per heavy atom. The summed E-state index contributed by atoms with van der Waals surface area (Å²) in [7, 11) is 3.37. The highest BCUT2D eigenvalue weighted by molar-refractivity contribution is 8.00. The average Bonchev–Trinajstić information content (AvgIpc) is 2.37. The van der Waals surface area contributed by atoms with Gasteiger partial charge in [-0.15, -0.1) is 11.8 Å². The third-order valence-electron chi connectivity index (χ3n) is 2.32. The van der Waals surface area contributed by atoms with Gasteiger partial charge in [-0.25, -0.2) is 0 Å². The number of anilines is 1. The number of nitrogen functional groups attached to an aromatic ring is 1. The fraction of sp³-hybridized carbons (Fsp3) is 0.385. The number of carbonyl (C=O) groups excluding carboxylic acids is 2. The molecule has 0 radical (unpaired) electrons. The lowest BCUT2D eigenvalue weighted by Crippen LogP contribution is -2.21. The van der Waals surface area contributed by atoms with Crippen molar-refractivity contribution in [2.75, 3.05) is 32.2 Å². The molecule has 0 spiro atoms. The Hall–Kier alpha value is -1.69. The minimum absolute atomic E-state index is 0.0991. The molecule has 2 N–H and O–H groups in total. The molecular weight excluding hydrogens is 264 g/mol. The van der Waals surface area contributed by atoms with Crippen molar-refractivity contribution in [3.05, 3.63) is 23.8 Å². The number of rotatable bonds is 5. The SMILES string of the molecule is CCOC(=O)CSc1cc(C(=O)N(C)C)ccc1N. The van der Waals surface area contributed by atoms with Crippen LogP contribution in [-0.4, -0.2) is 43.2 Å². The van der Waals surface area contributed by atoms with E-state index in [1.807, 2.05) is 0 Å². The Balaban J connectivity index is 2.80. The first-order valence-corrected chi connectivity index (χ1v) is 6.83. The summed E-state index contributed by atoms with van der Waals surface area (Å²) in [6.07, 6.45) is 0. The number of thioether (sulfide) groups is 1. The van der Waals surface area contributed by atoms with Crippen LogP contribution in [-0.2, 0) is 9.53 Å². The lowest BCUT2D eigenvalue weighted by molar-refractivity contribution is -0.139. The normalized spacial score (nSPS) is 10.1. The summed E-state index contributed by atoms with van der Waals surface area (Å²) in [6.45, 7) is 2.11. The van der Waals surface area contributed by atoms with Gasteiger partial charge in [-0.2, -0.15) is 0 Å². The third kappa shape index (κ3) is 4.48. The number of esters is 1. The number of benzene rings is 1. The quantitative estimate of drug-likeness (QED) is 0.505. The van der Waals surface area contributed by atoms with Crippen LogP contribution in [0.25, 0.3) is 0 Å². The number of nitrogens with two attached hydrogens (primary N) is 1. The number of hydrogen-bond donors (Lipinski definition) is 1. The smallest absolute Gasteiger partial charge is 0.316 e. The van der Waals surface area contributed by atoms with Crippen LogP contribution in [0.2, 0.25) is 0 Å². The van der Waals surface area contributed by atoms with Gasteiger partial charge in [0.15, 0.2) is 0 Å². The molecule has 5 nitrogen and oxygen atoms in total. The van der Waals surface area contributed by atoms with Crippen molar-refractivity contribution in [3.63, 3.8) is 0 Å². The maximum atomic E-state index is 11.8. The van der Waals surface area contributed by atoms with Gasteiger partial charge < -0.3 is 15.4 Å². The Labute approximate surface area is 117 Å². The van der Waals surface area contributed by atoms with E-state index in [9.17, 15) is 9.59 Å².